The van der Waals surface area contributed by atoms with E-state index in [-0.39, 0.29) is 11.7 Å². The first-order valence-electron chi connectivity index (χ1n) is 6.03. The average Bonchev–Trinajstić information content (AvgIpc) is 2.80. The van der Waals surface area contributed by atoms with Crippen LogP contribution in [0.25, 0.3) is 0 Å². The van der Waals surface area contributed by atoms with Gasteiger partial charge in [0.2, 0.25) is 0 Å². The van der Waals surface area contributed by atoms with Gasteiger partial charge in [0.15, 0.2) is 5.82 Å². The second-order valence-electron chi connectivity index (χ2n) is 4.56. The third-order valence-electron chi connectivity index (χ3n) is 3.34. The normalized spacial score (nSPS) is 18.8. The minimum absolute atomic E-state index is 0.0236. The molecule has 1 fully saturated rings. The molecule has 19 heavy (non-hydrogen) atoms. The fourth-order valence-electron chi connectivity index (χ4n) is 2.46. The van der Waals surface area contributed by atoms with E-state index in [1.807, 2.05) is 4.90 Å². The van der Waals surface area contributed by atoms with Gasteiger partial charge in [0.1, 0.15) is 5.69 Å². The fraction of sp³-hybridized carbons (Fsp3) is 0.500. The van der Waals surface area contributed by atoms with Crippen LogP contribution in [0.1, 0.15) is 12.8 Å². The maximum absolute atomic E-state index is 14.0. The van der Waals surface area contributed by atoms with Crippen molar-refractivity contribution in [3.8, 4) is 0 Å². The average molecular weight is 269 g/mol. The Morgan fingerprint density at radius 2 is 2.37 bits per heavy atom. The lowest BCUT2D eigenvalue weighted by molar-refractivity contribution is -0.384. The number of nitrogen functional groups attached to an aromatic ring is 1. The van der Waals surface area contributed by atoms with Gasteiger partial charge in [-0.3, -0.25) is 10.1 Å². The van der Waals surface area contributed by atoms with Gasteiger partial charge in [-0.25, -0.2) is 4.39 Å². The molecule has 0 aromatic heterocycles. The molecule has 1 aromatic carbocycles. The number of nitro groups is 1. The summed E-state index contributed by atoms with van der Waals surface area (Å²) in [5.41, 5.74) is 5.50. The Kier molecular flexibility index (Phi) is 3.84. The monoisotopic (exact) mass is 269 g/mol. The van der Waals surface area contributed by atoms with Crippen molar-refractivity contribution in [2.75, 3.05) is 30.9 Å². The Hall–Kier alpha value is -1.89. The number of benzene rings is 1. The minimum atomic E-state index is -0.682. The lowest BCUT2D eigenvalue weighted by Gasteiger charge is -2.26. The van der Waals surface area contributed by atoms with Crippen LogP contribution in [0.2, 0.25) is 0 Å². The highest BCUT2D eigenvalue weighted by molar-refractivity contribution is 5.67. The van der Waals surface area contributed by atoms with Gasteiger partial charge >= 0.3 is 0 Å². The maximum Gasteiger partial charge on any atom is 0.295 e. The van der Waals surface area contributed by atoms with Gasteiger partial charge < -0.3 is 15.4 Å². The molecule has 1 unspecified atom stereocenters. The number of anilines is 2. The van der Waals surface area contributed by atoms with Crippen LogP contribution in [-0.2, 0) is 4.74 Å². The van der Waals surface area contributed by atoms with Crippen LogP contribution >= 0.6 is 0 Å². The van der Waals surface area contributed by atoms with Crippen molar-refractivity contribution < 1.29 is 14.1 Å². The smallest absolute Gasteiger partial charge is 0.295 e. The van der Waals surface area contributed by atoms with E-state index in [2.05, 4.69) is 0 Å². The van der Waals surface area contributed by atoms with Crippen molar-refractivity contribution in [1.29, 1.82) is 0 Å². The second-order valence-corrected chi connectivity index (χ2v) is 4.56. The lowest BCUT2D eigenvalue weighted by atomic mass is 10.2. The highest BCUT2D eigenvalue weighted by Crippen LogP contribution is 2.34. The number of hydrogen-bond donors (Lipinski definition) is 1. The number of nitro benzene ring substituents is 1. The number of halogens is 1. The van der Waals surface area contributed by atoms with Gasteiger partial charge in [-0.2, -0.15) is 0 Å². The molecule has 1 aromatic rings. The van der Waals surface area contributed by atoms with Crippen molar-refractivity contribution in [1.82, 2.24) is 0 Å². The van der Waals surface area contributed by atoms with Crippen molar-refractivity contribution in [2.24, 2.45) is 0 Å². The first-order valence-corrected chi connectivity index (χ1v) is 6.03. The molecule has 0 spiro atoms. The molecular weight excluding hydrogens is 253 g/mol. The van der Waals surface area contributed by atoms with E-state index >= 15 is 0 Å². The van der Waals surface area contributed by atoms with Crippen LogP contribution in [-0.4, -0.2) is 31.2 Å². The lowest BCUT2D eigenvalue weighted by Crippen LogP contribution is -2.33. The third-order valence-corrected chi connectivity index (χ3v) is 3.34. The summed E-state index contributed by atoms with van der Waals surface area (Å²) < 4.78 is 19.1. The molecular formula is C12H16FN3O3. The van der Waals surface area contributed by atoms with Gasteiger partial charge in [-0.15, -0.1) is 0 Å². The molecule has 7 heteroatoms. The van der Waals surface area contributed by atoms with E-state index in [4.69, 9.17) is 10.5 Å². The van der Waals surface area contributed by atoms with E-state index < -0.39 is 16.4 Å². The number of nitrogens with zero attached hydrogens (tertiary/aromatic N) is 2. The van der Waals surface area contributed by atoms with E-state index in [9.17, 15) is 14.5 Å². The number of hydrogen-bond acceptors (Lipinski definition) is 5. The molecule has 1 heterocycles. The van der Waals surface area contributed by atoms with Crippen LogP contribution in [0, 0.1) is 15.9 Å². The summed E-state index contributed by atoms with van der Waals surface area (Å²) in [4.78, 5) is 11.9. The molecule has 0 amide bonds. The largest absolute Gasteiger partial charge is 0.393 e. The Morgan fingerprint density at radius 3 is 3.00 bits per heavy atom. The SMILES string of the molecule is COCC1CCCN1c1cc(N)c([N+](=O)[O-])cc1F. The fourth-order valence-corrected chi connectivity index (χ4v) is 2.46. The predicted molar refractivity (Wildman–Crippen MR) is 69.7 cm³/mol. The summed E-state index contributed by atoms with van der Waals surface area (Å²) in [5.74, 6) is -0.621. The van der Waals surface area contributed by atoms with Crippen molar-refractivity contribution in [2.45, 2.75) is 18.9 Å². The van der Waals surface area contributed by atoms with E-state index in [0.717, 1.165) is 18.9 Å². The van der Waals surface area contributed by atoms with Gasteiger partial charge in [0.25, 0.3) is 5.69 Å². The van der Waals surface area contributed by atoms with Crippen LogP contribution in [0.3, 0.4) is 0 Å². The Balaban J connectivity index is 2.35. The van der Waals surface area contributed by atoms with Gasteiger partial charge in [0, 0.05) is 13.7 Å². The molecule has 1 aliphatic rings. The molecule has 2 rings (SSSR count). The number of rotatable bonds is 4. The van der Waals surface area contributed by atoms with Crippen molar-refractivity contribution >= 4 is 17.1 Å². The quantitative estimate of drug-likeness (QED) is 0.513. The highest BCUT2D eigenvalue weighted by Gasteiger charge is 2.28. The second kappa shape index (κ2) is 5.40. The number of methoxy groups -OCH3 is 1. The summed E-state index contributed by atoms with van der Waals surface area (Å²) in [6.07, 6.45) is 1.84. The Morgan fingerprint density at radius 1 is 1.63 bits per heavy atom. The van der Waals surface area contributed by atoms with Crippen LogP contribution in [0.4, 0.5) is 21.5 Å². The summed E-state index contributed by atoms with van der Waals surface area (Å²) in [5, 5.41) is 10.7. The maximum atomic E-state index is 14.0. The molecule has 2 N–H and O–H groups in total. The van der Waals surface area contributed by atoms with Crippen LogP contribution in [0.5, 0.6) is 0 Å². The van der Waals surface area contributed by atoms with Crippen molar-refractivity contribution in [3.05, 3.63) is 28.1 Å². The Labute approximate surface area is 110 Å². The van der Waals surface area contributed by atoms with Gasteiger partial charge in [-0.05, 0) is 18.9 Å². The molecule has 1 saturated heterocycles. The summed E-state index contributed by atoms with van der Waals surface area (Å²) >= 11 is 0. The zero-order valence-electron chi connectivity index (χ0n) is 10.6. The van der Waals surface area contributed by atoms with Gasteiger partial charge in [0.05, 0.1) is 29.3 Å². The Bertz CT molecular complexity index is 495. The van der Waals surface area contributed by atoms with Crippen molar-refractivity contribution in [3.63, 3.8) is 0 Å². The first kappa shape index (κ1) is 13.5. The standard InChI is InChI=1S/C12H16FN3O3/c1-19-7-8-3-2-4-15(8)11-6-10(14)12(16(17)18)5-9(11)13/h5-6,8H,2-4,7,14H2,1H3. The highest BCUT2D eigenvalue weighted by atomic mass is 19.1. The minimum Gasteiger partial charge on any atom is -0.393 e. The topological polar surface area (TPSA) is 81.6 Å². The molecule has 1 aliphatic heterocycles. The van der Waals surface area contributed by atoms with Crippen LogP contribution < -0.4 is 10.6 Å². The predicted octanol–water partition coefficient (Wildman–Crippen LogP) is 1.93. The van der Waals surface area contributed by atoms with E-state index in [1.165, 1.54) is 6.07 Å². The molecule has 0 bridgehead atoms. The first-order chi connectivity index (χ1) is 9.04. The van der Waals surface area contributed by atoms with E-state index in [1.54, 1.807) is 7.11 Å². The molecule has 1 atom stereocenters. The molecule has 0 aliphatic carbocycles. The molecule has 104 valence electrons. The van der Waals surface area contributed by atoms with Crippen LogP contribution in [0.15, 0.2) is 12.1 Å². The summed E-state index contributed by atoms with van der Waals surface area (Å²) in [6.45, 7) is 1.19. The molecule has 0 radical (unpaired) electrons. The summed E-state index contributed by atoms with van der Waals surface area (Å²) in [7, 11) is 1.59. The molecule has 0 saturated carbocycles. The zero-order valence-corrected chi connectivity index (χ0v) is 10.6. The zero-order chi connectivity index (χ0) is 14.0. The van der Waals surface area contributed by atoms with E-state index in [0.29, 0.717) is 18.8 Å². The molecule has 6 nitrogen and oxygen atoms in total. The number of nitrogens with two attached hydrogens (primary N) is 1. The van der Waals surface area contributed by atoms with Gasteiger partial charge in [-0.1, -0.05) is 0 Å². The third kappa shape index (κ3) is 2.60. The number of ether oxygens (including phenoxy) is 1. The summed E-state index contributed by atoms with van der Waals surface area (Å²) in [6, 6.07) is 2.30.